The van der Waals surface area contributed by atoms with Crippen LogP contribution in [0.15, 0.2) is 84.9 Å². The van der Waals surface area contributed by atoms with Crippen molar-refractivity contribution in [1.82, 2.24) is 0 Å². The Kier molecular flexibility index (Phi) is 3.50. The second kappa shape index (κ2) is 5.68. The lowest BCUT2D eigenvalue weighted by Crippen LogP contribution is -2.33. The van der Waals surface area contributed by atoms with Crippen LogP contribution >= 0.6 is 0 Å². The number of nitrogens with one attached hydrogen (secondary N) is 1. The summed E-state index contributed by atoms with van der Waals surface area (Å²) >= 11 is 0. The minimum absolute atomic E-state index is 0.229. The fraction of sp³-hybridized carbons (Fsp3) is 0.130. The Balaban J connectivity index is 1.94. The molecule has 0 amide bonds. The Hall–Kier alpha value is -2.80. The van der Waals surface area contributed by atoms with Crippen LogP contribution in [0, 0.1) is 6.92 Å². The molecule has 0 saturated heterocycles. The van der Waals surface area contributed by atoms with E-state index in [-0.39, 0.29) is 5.54 Å². The predicted octanol–water partition coefficient (Wildman–Crippen LogP) is 5.77. The van der Waals surface area contributed by atoms with Gasteiger partial charge in [0, 0.05) is 11.3 Å². The molecular formula is C23H21N. The van der Waals surface area contributed by atoms with Gasteiger partial charge in [-0.3, -0.25) is 0 Å². The Morgan fingerprint density at radius 2 is 1.46 bits per heavy atom. The van der Waals surface area contributed by atoms with E-state index < -0.39 is 0 Å². The molecular weight excluding hydrogens is 290 g/mol. The van der Waals surface area contributed by atoms with Crippen LogP contribution in [0.2, 0.25) is 0 Å². The van der Waals surface area contributed by atoms with Crippen LogP contribution in [0.25, 0.3) is 5.57 Å². The Morgan fingerprint density at radius 3 is 2.17 bits per heavy atom. The summed E-state index contributed by atoms with van der Waals surface area (Å²) in [4.78, 5) is 0. The molecule has 24 heavy (non-hydrogen) atoms. The van der Waals surface area contributed by atoms with Crippen molar-refractivity contribution in [3.8, 4) is 0 Å². The van der Waals surface area contributed by atoms with Gasteiger partial charge >= 0.3 is 0 Å². The lowest BCUT2D eigenvalue weighted by atomic mass is 9.81. The Morgan fingerprint density at radius 1 is 0.792 bits per heavy atom. The van der Waals surface area contributed by atoms with Gasteiger partial charge in [-0.15, -0.1) is 0 Å². The fourth-order valence-electron chi connectivity index (χ4n) is 3.48. The van der Waals surface area contributed by atoms with E-state index in [0.717, 1.165) is 0 Å². The molecule has 3 aromatic rings. The highest BCUT2D eigenvalue weighted by molar-refractivity contribution is 5.90. The number of anilines is 1. The standard InChI is InChI=1S/C23H21N/c1-17-13-14-20-21(18-9-5-3-6-10-18)16-23(2,24-22(20)15-17)19-11-7-4-8-12-19/h3-16,24H,1-2H3. The van der Waals surface area contributed by atoms with Crippen molar-refractivity contribution in [3.05, 3.63) is 107 Å². The molecule has 1 aliphatic heterocycles. The molecule has 1 atom stereocenters. The Bertz CT molecular complexity index is 894. The zero-order valence-electron chi connectivity index (χ0n) is 14.1. The molecule has 1 heteroatoms. The fourth-order valence-corrected chi connectivity index (χ4v) is 3.48. The van der Waals surface area contributed by atoms with Crippen LogP contribution in [-0.2, 0) is 5.54 Å². The molecule has 1 nitrogen and oxygen atoms in total. The van der Waals surface area contributed by atoms with Gasteiger partial charge in [-0.1, -0.05) is 72.8 Å². The van der Waals surface area contributed by atoms with Crippen molar-refractivity contribution >= 4 is 11.3 Å². The van der Waals surface area contributed by atoms with Crippen molar-refractivity contribution in [2.75, 3.05) is 5.32 Å². The molecule has 0 saturated carbocycles. The first-order valence-electron chi connectivity index (χ1n) is 8.39. The van der Waals surface area contributed by atoms with Gasteiger partial charge in [-0.2, -0.15) is 0 Å². The SMILES string of the molecule is Cc1ccc2c(c1)NC(C)(c1ccccc1)C=C2c1ccccc1. The third-order valence-electron chi connectivity index (χ3n) is 4.75. The summed E-state index contributed by atoms with van der Waals surface area (Å²) in [6.07, 6.45) is 2.36. The van der Waals surface area contributed by atoms with Crippen molar-refractivity contribution in [3.63, 3.8) is 0 Å². The largest absolute Gasteiger partial charge is 0.372 e. The lowest BCUT2D eigenvalue weighted by Gasteiger charge is -2.36. The third kappa shape index (κ3) is 2.52. The second-order valence-corrected chi connectivity index (χ2v) is 6.67. The molecule has 0 spiro atoms. The summed E-state index contributed by atoms with van der Waals surface area (Å²) < 4.78 is 0. The number of hydrogen-bond donors (Lipinski definition) is 1. The first-order chi connectivity index (χ1) is 11.7. The molecule has 1 N–H and O–H groups in total. The minimum atomic E-state index is -0.229. The molecule has 1 heterocycles. The monoisotopic (exact) mass is 311 g/mol. The van der Waals surface area contributed by atoms with E-state index in [1.807, 2.05) is 0 Å². The van der Waals surface area contributed by atoms with Gasteiger partial charge in [0.15, 0.2) is 0 Å². The van der Waals surface area contributed by atoms with Crippen LogP contribution in [0.1, 0.15) is 29.2 Å². The summed E-state index contributed by atoms with van der Waals surface area (Å²) in [6.45, 7) is 4.39. The summed E-state index contributed by atoms with van der Waals surface area (Å²) in [5.41, 5.74) is 7.31. The lowest BCUT2D eigenvalue weighted by molar-refractivity contribution is 0.685. The smallest absolute Gasteiger partial charge is 0.0790 e. The number of fused-ring (bicyclic) bond motifs is 1. The second-order valence-electron chi connectivity index (χ2n) is 6.67. The number of aryl methyl sites for hydroxylation is 1. The van der Waals surface area contributed by atoms with E-state index in [9.17, 15) is 0 Å². The molecule has 1 aliphatic rings. The molecule has 0 bridgehead atoms. The zero-order chi connectivity index (χ0) is 16.6. The summed E-state index contributed by atoms with van der Waals surface area (Å²) in [5.74, 6) is 0. The van der Waals surface area contributed by atoms with Crippen LogP contribution in [-0.4, -0.2) is 0 Å². The molecule has 118 valence electrons. The molecule has 0 fully saturated rings. The van der Waals surface area contributed by atoms with Crippen LogP contribution in [0.3, 0.4) is 0 Å². The number of benzene rings is 3. The quantitative estimate of drug-likeness (QED) is 0.633. The normalized spacial score (nSPS) is 19.2. The van der Waals surface area contributed by atoms with Gasteiger partial charge in [0.1, 0.15) is 0 Å². The summed E-state index contributed by atoms with van der Waals surface area (Å²) in [6, 6.07) is 27.9. The van der Waals surface area contributed by atoms with Crippen molar-refractivity contribution in [2.24, 2.45) is 0 Å². The third-order valence-corrected chi connectivity index (χ3v) is 4.75. The molecule has 4 rings (SSSR count). The van der Waals surface area contributed by atoms with E-state index in [2.05, 4.69) is 104 Å². The molecule has 1 unspecified atom stereocenters. The van der Waals surface area contributed by atoms with E-state index in [1.165, 1.54) is 33.5 Å². The number of rotatable bonds is 2. The molecule has 0 radical (unpaired) electrons. The van der Waals surface area contributed by atoms with Gasteiger partial charge in [0.05, 0.1) is 5.54 Å². The van der Waals surface area contributed by atoms with E-state index in [1.54, 1.807) is 0 Å². The zero-order valence-corrected chi connectivity index (χ0v) is 14.1. The van der Waals surface area contributed by atoms with Crippen molar-refractivity contribution in [1.29, 1.82) is 0 Å². The van der Waals surface area contributed by atoms with Crippen molar-refractivity contribution in [2.45, 2.75) is 19.4 Å². The maximum atomic E-state index is 3.75. The van der Waals surface area contributed by atoms with Crippen molar-refractivity contribution < 1.29 is 0 Å². The van der Waals surface area contributed by atoms with Gasteiger partial charge in [0.2, 0.25) is 0 Å². The van der Waals surface area contributed by atoms with Gasteiger partial charge in [-0.25, -0.2) is 0 Å². The average Bonchev–Trinajstić information content (AvgIpc) is 2.62. The van der Waals surface area contributed by atoms with Crippen LogP contribution < -0.4 is 5.32 Å². The maximum absolute atomic E-state index is 3.75. The first kappa shape index (κ1) is 14.8. The topological polar surface area (TPSA) is 12.0 Å². The molecule has 3 aromatic carbocycles. The highest BCUT2D eigenvalue weighted by atomic mass is 15.0. The van der Waals surface area contributed by atoms with Gasteiger partial charge < -0.3 is 5.32 Å². The minimum Gasteiger partial charge on any atom is -0.372 e. The van der Waals surface area contributed by atoms with E-state index >= 15 is 0 Å². The van der Waals surface area contributed by atoms with E-state index in [0.29, 0.717) is 0 Å². The molecule has 0 aromatic heterocycles. The van der Waals surface area contributed by atoms with Crippen LogP contribution in [0.5, 0.6) is 0 Å². The highest BCUT2D eigenvalue weighted by Gasteiger charge is 2.30. The molecule has 0 aliphatic carbocycles. The highest BCUT2D eigenvalue weighted by Crippen LogP contribution is 2.41. The van der Waals surface area contributed by atoms with E-state index in [4.69, 9.17) is 0 Å². The van der Waals surface area contributed by atoms with Gasteiger partial charge in [0.25, 0.3) is 0 Å². The average molecular weight is 311 g/mol. The summed E-state index contributed by atoms with van der Waals surface area (Å²) in [7, 11) is 0. The first-order valence-corrected chi connectivity index (χ1v) is 8.39. The predicted molar refractivity (Wildman–Crippen MR) is 102 cm³/mol. The Labute approximate surface area is 143 Å². The number of hydrogen-bond acceptors (Lipinski definition) is 1. The maximum Gasteiger partial charge on any atom is 0.0790 e. The summed E-state index contributed by atoms with van der Waals surface area (Å²) in [5, 5.41) is 3.75. The van der Waals surface area contributed by atoms with Gasteiger partial charge in [-0.05, 0) is 48.3 Å². The van der Waals surface area contributed by atoms with Crippen LogP contribution in [0.4, 0.5) is 5.69 Å².